The largest absolute Gasteiger partial charge is 0.337 e. The molecule has 1 aromatic heterocycles. The highest BCUT2D eigenvalue weighted by atomic mass is 32.2. The van der Waals surface area contributed by atoms with Crippen LogP contribution in [0.3, 0.4) is 0 Å². The van der Waals surface area contributed by atoms with Crippen LogP contribution < -0.4 is 0 Å². The van der Waals surface area contributed by atoms with Crippen LogP contribution in [0.25, 0.3) is 0 Å². The first-order valence-electron chi connectivity index (χ1n) is 7.28. The van der Waals surface area contributed by atoms with Crippen LogP contribution in [0.4, 0.5) is 8.78 Å². The number of thioether (sulfide) groups is 1. The molecule has 122 valence electrons. The van der Waals surface area contributed by atoms with Crippen LogP contribution in [0.5, 0.6) is 0 Å². The van der Waals surface area contributed by atoms with Crippen LogP contribution in [-0.4, -0.2) is 37.4 Å². The summed E-state index contributed by atoms with van der Waals surface area (Å²) in [7, 11) is 1.77. The maximum Gasteiger partial charge on any atom is 0.236 e. The van der Waals surface area contributed by atoms with Crippen molar-refractivity contribution >= 4 is 17.7 Å². The van der Waals surface area contributed by atoms with E-state index in [1.807, 2.05) is 0 Å². The Kier molecular flexibility index (Phi) is 4.61. The van der Waals surface area contributed by atoms with Crippen molar-refractivity contribution in [1.82, 2.24) is 19.7 Å². The zero-order valence-electron chi connectivity index (χ0n) is 12.6. The lowest BCUT2D eigenvalue weighted by atomic mass is 10.1. The third-order valence-corrected chi connectivity index (χ3v) is 5.08. The summed E-state index contributed by atoms with van der Waals surface area (Å²) in [6.07, 6.45) is 3.03. The molecule has 1 atom stereocenters. The minimum atomic E-state index is -0.624. The van der Waals surface area contributed by atoms with Gasteiger partial charge in [0.05, 0.1) is 5.25 Å². The Hall–Kier alpha value is -1.96. The Bertz CT molecular complexity index is 721. The van der Waals surface area contributed by atoms with Gasteiger partial charge in [-0.05, 0) is 18.9 Å². The minimum Gasteiger partial charge on any atom is -0.337 e. The molecule has 1 amide bonds. The van der Waals surface area contributed by atoms with E-state index < -0.39 is 11.6 Å². The van der Waals surface area contributed by atoms with Crippen molar-refractivity contribution in [1.29, 1.82) is 0 Å². The van der Waals surface area contributed by atoms with E-state index >= 15 is 0 Å². The molecule has 0 N–H and O–H groups in total. The molecule has 1 aromatic carbocycles. The SMILES string of the molecule is Cn1ncnc1SC1CCCN(Cc2ccc(F)cc2F)C1=O. The van der Waals surface area contributed by atoms with Gasteiger partial charge in [-0.25, -0.2) is 18.4 Å². The molecule has 1 saturated heterocycles. The number of hydrogen-bond acceptors (Lipinski definition) is 4. The van der Waals surface area contributed by atoms with Crippen molar-refractivity contribution in [2.75, 3.05) is 6.54 Å². The Balaban J connectivity index is 1.71. The highest BCUT2D eigenvalue weighted by Gasteiger charge is 2.31. The summed E-state index contributed by atoms with van der Waals surface area (Å²) < 4.78 is 28.4. The molecule has 1 unspecified atom stereocenters. The lowest BCUT2D eigenvalue weighted by Gasteiger charge is -2.31. The molecule has 2 heterocycles. The molecule has 23 heavy (non-hydrogen) atoms. The molecule has 0 saturated carbocycles. The number of rotatable bonds is 4. The zero-order valence-corrected chi connectivity index (χ0v) is 13.4. The number of carbonyl (C=O) groups is 1. The second kappa shape index (κ2) is 6.66. The number of nitrogens with zero attached hydrogens (tertiary/aromatic N) is 4. The van der Waals surface area contributed by atoms with Gasteiger partial charge in [0, 0.05) is 31.8 Å². The molecular weight excluding hydrogens is 322 g/mol. The summed E-state index contributed by atoms with van der Waals surface area (Å²) in [5.74, 6) is -1.29. The van der Waals surface area contributed by atoms with Crippen LogP contribution in [0.2, 0.25) is 0 Å². The van der Waals surface area contributed by atoms with Crippen molar-refractivity contribution in [3.63, 3.8) is 0 Å². The van der Waals surface area contributed by atoms with Gasteiger partial charge in [-0.15, -0.1) is 0 Å². The van der Waals surface area contributed by atoms with Gasteiger partial charge in [-0.2, -0.15) is 5.10 Å². The van der Waals surface area contributed by atoms with Crippen LogP contribution in [-0.2, 0) is 18.4 Å². The second-order valence-electron chi connectivity index (χ2n) is 5.41. The van der Waals surface area contributed by atoms with Crippen molar-refractivity contribution < 1.29 is 13.6 Å². The van der Waals surface area contributed by atoms with Crippen LogP contribution in [0.15, 0.2) is 29.7 Å². The number of piperidine rings is 1. The fourth-order valence-electron chi connectivity index (χ4n) is 2.55. The number of aryl methyl sites for hydroxylation is 1. The second-order valence-corrected chi connectivity index (χ2v) is 6.58. The molecule has 0 aliphatic carbocycles. The number of aromatic nitrogens is 3. The fraction of sp³-hybridized carbons (Fsp3) is 0.400. The average Bonchev–Trinajstić information content (AvgIpc) is 2.91. The van der Waals surface area contributed by atoms with E-state index in [2.05, 4.69) is 10.1 Å². The van der Waals surface area contributed by atoms with Gasteiger partial charge < -0.3 is 4.90 Å². The molecule has 1 aliphatic heterocycles. The highest BCUT2D eigenvalue weighted by molar-refractivity contribution is 8.00. The molecule has 1 fully saturated rings. The predicted octanol–water partition coefficient (Wildman–Crippen LogP) is 2.38. The fourth-order valence-corrected chi connectivity index (χ4v) is 3.64. The Morgan fingerprint density at radius 2 is 2.22 bits per heavy atom. The van der Waals surface area contributed by atoms with Gasteiger partial charge >= 0.3 is 0 Å². The highest BCUT2D eigenvalue weighted by Crippen LogP contribution is 2.29. The van der Waals surface area contributed by atoms with Crippen molar-refractivity contribution in [3.05, 3.63) is 41.7 Å². The third-order valence-electron chi connectivity index (χ3n) is 3.78. The van der Waals surface area contributed by atoms with Crippen LogP contribution in [0.1, 0.15) is 18.4 Å². The van der Waals surface area contributed by atoms with Crippen molar-refractivity contribution in [2.24, 2.45) is 7.05 Å². The van der Waals surface area contributed by atoms with E-state index in [9.17, 15) is 13.6 Å². The van der Waals surface area contributed by atoms with Crippen LogP contribution in [0, 0.1) is 11.6 Å². The van der Waals surface area contributed by atoms with E-state index in [1.165, 1.54) is 30.2 Å². The summed E-state index contributed by atoms with van der Waals surface area (Å²) >= 11 is 1.37. The first-order chi connectivity index (χ1) is 11.0. The molecule has 0 bridgehead atoms. The monoisotopic (exact) mass is 338 g/mol. The first-order valence-corrected chi connectivity index (χ1v) is 8.16. The number of carbonyl (C=O) groups excluding carboxylic acids is 1. The summed E-state index contributed by atoms with van der Waals surface area (Å²) in [5.41, 5.74) is 0.323. The number of benzene rings is 1. The van der Waals surface area contributed by atoms with Crippen LogP contribution >= 0.6 is 11.8 Å². The lowest BCUT2D eigenvalue weighted by molar-refractivity contribution is -0.133. The minimum absolute atomic E-state index is 0.0482. The number of halogens is 2. The number of hydrogen-bond donors (Lipinski definition) is 0. The molecular formula is C15H16F2N4OS. The van der Waals surface area contributed by atoms with Crippen molar-refractivity contribution in [2.45, 2.75) is 29.8 Å². The van der Waals surface area contributed by atoms with E-state index in [4.69, 9.17) is 0 Å². The van der Waals surface area contributed by atoms with Gasteiger partial charge in [0.15, 0.2) is 5.16 Å². The summed E-state index contributed by atoms with van der Waals surface area (Å²) in [6.45, 7) is 0.729. The summed E-state index contributed by atoms with van der Waals surface area (Å²) in [4.78, 5) is 18.3. The standard InChI is InChI=1S/C15H16F2N4OS/c1-20-15(18-9-19-20)23-13-3-2-6-21(14(13)22)8-10-4-5-11(16)7-12(10)17/h4-5,7,9,13H,2-3,6,8H2,1H3. The Morgan fingerprint density at radius 1 is 1.39 bits per heavy atom. The normalized spacial score (nSPS) is 18.5. The van der Waals surface area contributed by atoms with E-state index in [0.29, 0.717) is 17.3 Å². The van der Waals surface area contributed by atoms with E-state index in [0.717, 1.165) is 18.9 Å². The zero-order chi connectivity index (χ0) is 16.4. The third kappa shape index (κ3) is 3.52. The average molecular weight is 338 g/mol. The van der Waals surface area contributed by atoms with E-state index in [1.54, 1.807) is 16.6 Å². The lowest BCUT2D eigenvalue weighted by Crippen LogP contribution is -2.42. The summed E-state index contributed by atoms with van der Waals surface area (Å²) in [6, 6.07) is 3.44. The first kappa shape index (κ1) is 15.9. The topological polar surface area (TPSA) is 51.0 Å². The number of amides is 1. The quantitative estimate of drug-likeness (QED) is 0.859. The van der Waals surface area contributed by atoms with Gasteiger partial charge in [0.25, 0.3) is 0 Å². The van der Waals surface area contributed by atoms with Gasteiger partial charge in [-0.3, -0.25) is 4.79 Å². The number of likely N-dealkylation sites (tertiary alicyclic amines) is 1. The molecule has 5 nitrogen and oxygen atoms in total. The molecule has 1 aliphatic rings. The maximum absolute atomic E-state index is 13.8. The Morgan fingerprint density at radius 3 is 2.91 bits per heavy atom. The summed E-state index contributed by atoms with van der Waals surface area (Å²) in [5, 5.41) is 4.41. The molecule has 0 spiro atoms. The predicted molar refractivity (Wildman–Crippen MR) is 81.7 cm³/mol. The molecule has 2 aromatic rings. The molecule has 0 radical (unpaired) electrons. The van der Waals surface area contributed by atoms with Crippen molar-refractivity contribution in [3.8, 4) is 0 Å². The molecule has 3 rings (SSSR count). The Labute approximate surface area is 136 Å². The van der Waals surface area contributed by atoms with Gasteiger partial charge in [-0.1, -0.05) is 17.8 Å². The van der Waals surface area contributed by atoms with Gasteiger partial charge in [0.1, 0.15) is 18.0 Å². The molecule has 8 heteroatoms. The maximum atomic E-state index is 13.8. The van der Waals surface area contributed by atoms with E-state index in [-0.39, 0.29) is 17.7 Å². The van der Waals surface area contributed by atoms with Gasteiger partial charge in [0.2, 0.25) is 5.91 Å². The smallest absolute Gasteiger partial charge is 0.236 e.